The van der Waals surface area contributed by atoms with Crippen molar-refractivity contribution in [3.8, 4) is 5.75 Å². The van der Waals surface area contributed by atoms with Crippen molar-refractivity contribution in [2.75, 3.05) is 7.11 Å². The average Bonchev–Trinajstić information content (AvgIpc) is 2.45. The van der Waals surface area contributed by atoms with Crippen LogP contribution in [0.5, 0.6) is 5.75 Å². The van der Waals surface area contributed by atoms with E-state index in [1.54, 1.807) is 6.07 Å². The summed E-state index contributed by atoms with van der Waals surface area (Å²) in [5.74, 6) is -0.0925. The molecule has 2 aromatic carbocycles. The normalized spacial score (nSPS) is 12.2. The van der Waals surface area contributed by atoms with Gasteiger partial charge in [0, 0.05) is 17.6 Å². The lowest BCUT2D eigenvalue weighted by Crippen LogP contribution is -2.18. The van der Waals surface area contributed by atoms with E-state index in [9.17, 15) is 4.39 Å². The van der Waals surface area contributed by atoms with Gasteiger partial charge < -0.3 is 10.1 Å². The van der Waals surface area contributed by atoms with Crippen LogP contribution in [0.4, 0.5) is 4.39 Å². The maximum absolute atomic E-state index is 13.6. The van der Waals surface area contributed by atoms with Gasteiger partial charge in [0.25, 0.3) is 0 Å². The molecule has 2 rings (SSSR count). The van der Waals surface area contributed by atoms with Gasteiger partial charge in [0.1, 0.15) is 0 Å². The van der Waals surface area contributed by atoms with E-state index in [2.05, 4.69) is 5.32 Å². The summed E-state index contributed by atoms with van der Waals surface area (Å²) in [7, 11) is 1.45. The molecule has 0 saturated heterocycles. The predicted molar refractivity (Wildman–Crippen MR) is 79.7 cm³/mol. The molecule has 0 fully saturated rings. The second-order valence-corrected chi connectivity index (χ2v) is 5.00. The first kappa shape index (κ1) is 14.8. The minimum Gasteiger partial charge on any atom is -0.494 e. The largest absolute Gasteiger partial charge is 0.494 e. The maximum Gasteiger partial charge on any atom is 0.165 e. The fourth-order valence-corrected chi connectivity index (χ4v) is 2.33. The highest BCUT2D eigenvalue weighted by Gasteiger charge is 2.09. The fourth-order valence-electron chi connectivity index (χ4n) is 2.03. The molecule has 0 aliphatic rings. The van der Waals surface area contributed by atoms with Gasteiger partial charge in [-0.2, -0.15) is 0 Å². The molecule has 4 heteroatoms. The van der Waals surface area contributed by atoms with Gasteiger partial charge >= 0.3 is 0 Å². The molecule has 0 amide bonds. The van der Waals surface area contributed by atoms with Crippen molar-refractivity contribution in [2.24, 2.45) is 0 Å². The molecule has 2 aromatic rings. The van der Waals surface area contributed by atoms with Crippen LogP contribution in [-0.2, 0) is 6.54 Å². The number of hydrogen-bond acceptors (Lipinski definition) is 2. The van der Waals surface area contributed by atoms with Crippen molar-refractivity contribution < 1.29 is 9.13 Å². The van der Waals surface area contributed by atoms with Gasteiger partial charge in [-0.1, -0.05) is 35.9 Å². The summed E-state index contributed by atoms with van der Waals surface area (Å²) >= 11 is 6.15. The SMILES string of the molecule is COc1ccc(CNC(C)c2ccccc2Cl)cc1F. The van der Waals surface area contributed by atoms with Crippen molar-refractivity contribution in [3.05, 3.63) is 64.4 Å². The molecule has 0 heterocycles. The Morgan fingerprint density at radius 3 is 2.65 bits per heavy atom. The Balaban J connectivity index is 2.02. The number of benzene rings is 2. The summed E-state index contributed by atoms with van der Waals surface area (Å²) in [5, 5.41) is 4.06. The first-order valence-electron chi connectivity index (χ1n) is 6.42. The molecule has 1 atom stereocenters. The molecule has 20 heavy (non-hydrogen) atoms. The third-order valence-electron chi connectivity index (χ3n) is 3.20. The zero-order valence-electron chi connectivity index (χ0n) is 11.5. The zero-order chi connectivity index (χ0) is 14.5. The van der Waals surface area contributed by atoms with E-state index >= 15 is 0 Å². The number of halogens is 2. The monoisotopic (exact) mass is 293 g/mol. The van der Waals surface area contributed by atoms with E-state index in [-0.39, 0.29) is 17.6 Å². The second kappa shape index (κ2) is 6.73. The van der Waals surface area contributed by atoms with Gasteiger partial charge in [0.05, 0.1) is 7.11 Å². The van der Waals surface area contributed by atoms with Crippen LogP contribution in [0.25, 0.3) is 0 Å². The van der Waals surface area contributed by atoms with Crippen LogP contribution in [0.1, 0.15) is 24.1 Å². The van der Waals surface area contributed by atoms with E-state index in [4.69, 9.17) is 16.3 Å². The minimum atomic E-state index is -0.350. The van der Waals surface area contributed by atoms with Crippen LogP contribution in [-0.4, -0.2) is 7.11 Å². The summed E-state index contributed by atoms with van der Waals surface area (Å²) < 4.78 is 18.5. The molecule has 0 aliphatic heterocycles. The van der Waals surface area contributed by atoms with Crippen molar-refractivity contribution in [2.45, 2.75) is 19.5 Å². The number of methoxy groups -OCH3 is 1. The predicted octanol–water partition coefficient (Wildman–Crippen LogP) is 4.34. The lowest BCUT2D eigenvalue weighted by atomic mass is 10.1. The molecule has 2 nitrogen and oxygen atoms in total. The topological polar surface area (TPSA) is 21.3 Å². The third kappa shape index (κ3) is 3.50. The van der Waals surface area contributed by atoms with E-state index in [0.29, 0.717) is 6.54 Å². The Bertz CT molecular complexity index is 588. The highest BCUT2D eigenvalue weighted by molar-refractivity contribution is 6.31. The molecule has 0 aliphatic carbocycles. The Hall–Kier alpha value is -1.58. The first-order chi connectivity index (χ1) is 9.61. The number of nitrogens with one attached hydrogen (secondary N) is 1. The van der Waals surface area contributed by atoms with Gasteiger partial charge in [-0.05, 0) is 36.2 Å². The maximum atomic E-state index is 13.6. The highest BCUT2D eigenvalue weighted by Crippen LogP contribution is 2.23. The average molecular weight is 294 g/mol. The van der Waals surface area contributed by atoms with Crippen LogP contribution in [0.3, 0.4) is 0 Å². The summed E-state index contributed by atoms with van der Waals surface area (Å²) in [5.41, 5.74) is 1.89. The molecule has 0 spiro atoms. The summed E-state index contributed by atoms with van der Waals surface area (Å²) in [6.07, 6.45) is 0. The van der Waals surface area contributed by atoms with Crippen molar-refractivity contribution >= 4 is 11.6 Å². The van der Waals surface area contributed by atoms with Crippen LogP contribution in [0.2, 0.25) is 5.02 Å². The van der Waals surface area contributed by atoms with E-state index in [1.165, 1.54) is 13.2 Å². The summed E-state index contributed by atoms with van der Waals surface area (Å²) in [6, 6.07) is 12.7. The highest BCUT2D eigenvalue weighted by atomic mass is 35.5. The van der Waals surface area contributed by atoms with Gasteiger partial charge in [-0.25, -0.2) is 4.39 Å². The molecule has 0 radical (unpaired) electrons. The molecular weight excluding hydrogens is 277 g/mol. The summed E-state index contributed by atoms with van der Waals surface area (Å²) in [6.45, 7) is 2.59. The van der Waals surface area contributed by atoms with E-state index < -0.39 is 0 Å². The van der Waals surface area contributed by atoms with Crippen LogP contribution >= 0.6 is 11.6 Å². The molecule has 1 unspecified atom stereocenters. The Labute approximate surface area is 123 Å². The Kier molecular flexibility index (Phi) is 4.99. The Morgan fingerprint density at radius 1 is 1.25 bits per heavy atom. The standard InChI is InChI=1S/C16H17ClFNO/c1-11(13-5-3-4-6-14(13)17)19-10-12-7-8-16(20-2)15(18)9-12/h3-9,11,19H,10H2,1-2H3. The number of ether oxygens (including phenoxy) is 1. The van der Waals surface area contributed by atoms with E-state index in [0.717, 1.165) is 16.1 Å². The number of hydrogen-bond donors (Lipinski definition) is 1. The zero-order valence-corrected chi connectivity index (χ0v) is 12.2. The molecule has 0 saturated carbocycles. The Morgan fingerprint density at radius 2 is 2.00 bits per heavy atom. The minimum absolute atomic E-state index is 0.0915. The number of rotatable bonds is 5. The molecule has 0 aromatic heterocycles. The molecular formula is C16H17ClFNO. The molecule has 0 bridgehead atoms. The third-order valence-corrected chi connectivity index (χ3v) is 3.54. The lowest BCUT2D eigenvalue weighted by molar-refractivity contribution is 0.386. The second-order valence-electron chi connectivity index (χ2n) is 4.59. The van der Waals surface area contributed by atoms with Gasteiger partial charge in [0.15, 0.2) is 11.6 Å². The summed E-state index contributed by atoms with van der Waals surface area (Å²) in [4.78, 5) is 0. The molecule has 1 N–H and O–H groups in total. The quantitative estimate of drug-likeness (QED) is 0.885. The van der Waals surface area contributed by atoms with Crippen LogP contribution < -0.4 is 10.1 Å². The van der Waals surface area contributed by atoms with Gasteiger partial charge in [-0.3, -0.25) is 0 Å². The molecule has 106 valence electrons. The fraction of sp³-hybridized carbons (Fsp3) is 0.250. The van der Waals surface area contributed by atoms with Crippen LogP contribution in [0.15, 0.2) is 42.5 Å². The smallest absolute Gasteiger partial charge is 0.165 e. The van der Waals surface area contributed by atoms with Crippen molar-refractivity contribution in [1.29, 1.82) is 0 Å². The van der Waals surface area contributed by atoms with E-state index in [1.807, 2.05) is 37.3 Å². The lowest BCUT2D eigenvalue weighted by Gasteiger charge is -2.16. The van der Waals surface area contributed by atoms with Gasteiger partial charge in [-0.15, -0.1) is 0 Å². The first-order valence-corrected chi connectivity index (χ1v) is 6.80. The van der Waals surface area contributed by atoms with Crippen LogP contribution in [0, 0.1) is 5.82 Å². The van der Waals surface area contributed by atoms with Crippen molar-refractivity contribution in [3.63, 3.8) is 0 Å². The van der Waals surface area contributed by atoms with Crippen molar-refractivity contribution in [1.82, 2.24) is 5.32 Å². The van der Waals surface area contributed by atoms with Gasteiger partial charge in [0.2, 0.25) is 0 Å².